The average Bonchev–Trinajstić information content (AvgIpc) is 3.33. The summed E-state index contributed by atoms with van der Waals surface area (Å²) < 4.78 is 17.4. The zero-order valence-corrected chi connectivity index (χ0v) is 23.3. The quantitative estimate of drug-likeness (QED) is 0.229. The van der Waals surface area contributed by atoms with E-state index in [-0.39, 0.29) is 25.0 Å². The predicted molar refractivity (Wildman–Crippen MR) is 139 cm³/mol. The average molecular weight is 500 g/mol. The van der Waals surface area contributed by atoms with Crippen LogP contribution < -0.4 is 0 Å². The van der Waals surface area contributed by atoms with Crippen LogP contribution in [0.1, 0.15) is 79.3 Å². The maximum atomic E-state index is 12.9. The number of carbonyl (C=O) groups is 2. The van der Waals surface area contributed by atoms with Gasteiger partial charge >= 0.3 is 12.1 Å². The van der Waals surface area contributed by atoms with Gasteiger partial charge < -0.3 is 14.2 Å². The van der Waals surface area contributed by atoms with E-state index in [9.17, 15) is 9.59 Å². The van der Waals surface area contributed by atoms with E-state index in [0.717, 1.165) is 5.56 Å². The lowest BCUT2D eigenvalue weighted by Gasteiger charge is -2.39. The van der Waals surface area contributed by atoms with Crippen LogP contribution in [-0.2, 0) is 19.0 Å². The van der Waals surface area contributed by atoms with Crippen LogP contribution in [0.15, 0.2) is 30.3 Å². The Morgan fingerprint density at radius 1 is 1.09 bits per heavy atom. The van der Waals surface area contributed by atoms with Crippen molar-refractivity contribution in [2.75, 3.05) is 13.2 Å². The molecule has 3 atom stereocenters. The molecule has 0 N–H and O–H groups in total. The lowest BCUT2D eigenvalue weighted by Crippen LogP contribution is -2.53. The summed E-state index contributed by atoms with van der Waals surface area (Å²) >= 11 is 0. The minimum atomic E-state index is -1.86. The molecule has 2 saturated heterocycles. The maximum absolute atomic E-state index is 12.9. The summed E-state index contributed by atoms with van der Waals surface area (Å²) in [7, 11) is -1.86. The highest BCUT2D eigenvalue weighted by Gasteiger charge is 2.57. The molecule has 0 bridgehead atoms. The summed E-state index contributed by atoms with van der Waals surface area (Å²) in [5.41, 5.74) is 6.33. The van der Waals surface area contributed by atoms with Crippen LogP contribution in [0.5, 0.6) is 0 Å². The standard InChI is InChI=1S/C28H41NO5Si/c1-8-33-28(16-12-13-17-35(20(2)3,21(4)5)22(6)7)25(18-26(30)34-28)29-24(19-32-27(29)31)23-14-10-9-11-15-23/h9-11,14-15,20-22,24-25H,8,12,16,18-19H2,1-7H3/t24-,25+,28+/m1/s1. The van der Waals surface area contributed by atoms with Crippen LogP contribution in [0.4, 0.5) is 4.79 Å². The summed E-state index contributed by atoms with van der Waals surface area (Å²) in [6.45, 7) is 16.2. The van der Waals surface area contributed by atoms with Gasteiger partial charge in [-0.25, -0.2) is 4.79 Å². The molecule has 0 aromatic heterocycles. The Bertz CT molecular complexity index is 929. The van der Waals surface area contributed by atoms with Crippen molar-refractivity contribution in [2.24, 2.45) is 0 Å². The van der Waals surface area contributed by atoms with Crippen molar-refractivity contribution < 1.29 is 23.8 Å². The minimum Gasteiger partial charge on any atom is -0.447 e. The number of esters is 1. The number of hydrogen-bond acceptors (Lipinski definition) is 5. The van der Waals surface area contributed by atoms with Gasteiger partial charge in [-0.1, -0.05) is 71.9 Å². The lowest BCUT2D eigenvalue weighted by atomic mass is 9.96. The first kappa shape index (κ1) is 27.3. The second-order valence-corrected chi connectivity index (χ2v) is 16.1. The first-order valence-corrected chi connectivity index (χ1v) is 15.2. The second kappa shape index (κ2) is 11.2. The normalized spacial score (nSPS) is 24.7. The Kier molecular flexibility index (Phi) is 8.71. The van der Waals surface area contributed by atoms with Gasteiger partial charge in [-0.2, -0.15) is 0 Å². The number of amides is 1. The van der Waals surface area contributed by atoms with Gasteiger partial charge in [-0.3, -0.25) is 9.69 Å². The van der Waals surface area contributed by atoms with Crippen LogP contribution in [-0.4, -0.2) is 50.1 Å². The number of carbonyl (C=O) groups excluding carboxylic acids is 2. The minimum absolute atomic E-state index is 0.0779. The van der Waals surface area contributed by atoms with Gasteiger partial charge in [0.25, 0.3) is 0 Å². The fraction of sp³-hybridized carbons (Fsp3) is 0.643. The molecule has 0 unspecified atom stereocenters. The highest BCUT2D eigenvalue weighted by Crippen LogP contribution is 2.43. The van der Waals surface area contributed by atoms with E-state index in [1.54, 1.807) is 4.90 Å². The number of hydrogen-bond donors (Lipinski definition) is 0. The molecule has 2 aliphatic heterocycles. The van der Waals surface area contributed by atoms with Crippen LogP contribution in [0.3, 0.4) is 0 Å². The van der Waals surface area contributed by atoms with E-state index in [1.807, 2.05) is 37.3 Å². The van der Waals surface area contributed by atoms with Crippen molar-refractivity contribution in [3.63, 3.8) is 0 Å². The van der Waals surface area contributed by atoms with Gasteiger partial charge in [0.1, 0.15) is 20.7 Å². The summed E-state index contributed by atoms with van der Waals surface area (Å²) in [5.74, 6) is 1.88. The van der Waals surface area contributed by atoms with Crippen molar-refractivity contribution in [1.82, 2.24) is 4.90 Å². The van der Waals surface area contributed by atoms with Crippen LogP contribution >= 0.6 is 0 Å². The summed E-state index contributed by atoms with van der Waals surface area (Å²) in [6.07, 6.45) is 0.579. The van der Waals surface area contributed by atoms with E-state index in [4.69, 9.17) is 14.2 Å². The first-order valence-electron chi connectivity index (χ1n) is 12.9. The van der Waals surface area contributed by atoms with E-state index >= 15 is 0 Å². The molecule has 2 heterocycles. The summed E-state index contributed by atoms with van der Waals surface area (Å²) in [6, 6.07) is 8.89. The smallest absolute Gasteiger partial charge is 0.410 e. The van der Waals surface area contributed by atoms with Crippen LogP contribution in [0, 0.1) is 11.5 Å². The molecule has 1 amide bonds. The fourth-order valence-corrected chi connectivity index (χ4v) is 11.5. The molecule has 7 heteroatoms. The summed E-state index contributed by atoms with van der Waals surface area (Å²) in [4.78, 5) is 27.1. The molecule has 1 aromatic rings. The third-order valence-electron chi connectivity index (χ3n) is 7.74. The largest absolute Gasteiger partial charge is 0.447 e. The topological polar surface area (TPSA) is 65.1 Å². The van der Waals surface area contributed by atoms with Gasteiger partial charge in [-0.05, 0) is 29.1 Å². The second-order valence-electron chi connectivity index (χ2n) is 10.5. The molecule has 2 aliphatic rings. The Labute approximate surface area is 211 Å². The number of nitrogens with zero attached hydrogens (tertiary/aromatic N) is 1. The maximum Gasteiger partial charge on any atom is 0.410 e. The molecule has 3 rings (SSSR count). The van der Waals surface area contributed by atoms with Gasteiger partial charge in [0.05, 0.1) is 12.5 Å². The van der Waals surface area contributed by atoms with Crippen molar-refractivity contribution in [1.29, 1.82) is 0 Å². The molecule has 0 radical (unpaired) electrons. The number of benzene rings is 1. The van der Waals surface area contributed by atoms with Gasteiger partial charge in [0.15, 0.2) is 0 Å². The van der Waals surface area contributed by atoms with E-state index in [2.05, 4.69) is 53.0 Å². The van der Waals surface area contributed by atoms with E-state index < -0.39 is 26.0 Å². The van der Waals surface area contributed by atoms with E-state index in [0.29, 0.717) is 36.1 Å². The zero-order valence-electron chi connectivity index (χ0n) is 22.3. The molecule has 2 fully saturated rings. The third kappa shape index (κ3) is 5.29. The van der Waals surface area contributed by atoms with Crippen LogP contribution in [0.25, 0.3) is 0 Å². The molecule has 0 saturated carbocycles. The number of cyclic esters (lactones) is 2. The molecule has 0 aliphatic carbocycles. The zero-order chi connectivity index (χ0) is 25.8. The van der Waals surface area contributed by atoms with Crippen LogP contribution in [0.2, 0.25) is 16.6 Å². The SMILES string of the molecule is CCO[C@@]1(CCC#C[Si](C(C)C)(C(C)C)C(C)C)OC(=O)C[C@@H]1N1C(=O)OC[C@@H]1c1ccccc1. The van der Waals surface area contributed by atoms with E-state index in [1.165, 1.54) is 0 Å². The molecule has 192 valence electrons. The third-order valence-corrected chi connectivity index (χ3v) is 14.1. The first-order chi connectivity index (χ1) is 16.6. The van der Waals surface area contributed by atoms with Gasteiger partial charge in [0.2, 0.25) is 5.79 Å². The number of rotatable bonds is 9. The van der Waals surface area contributed by atoms with Crippen molar-refractivity contribution in [2.45, 2.75) is 102 Å². The predicted octanol–water partition coefficient (Wildman–Crippen LogP) is 6.23. The lowest BCUT2D eigenvalue weighted by molar-refractivity contribution is -0.230. The number of ether oxygens (including phenoxy) is 3. The Morgan fingerprint density at radius 3 is 2.29 bits per heavy atom. The monoisotopic (exact) mass is 499 g/mol. The molecule has 6 nitrogen and oxygen atoms in total. The highest BCUT2D eigenvalue weighted by atomic mass is 28.3. The molecule has 35 heavy (non-hydrogen) atoms. The van der Waals surface area contributed by atoms with Crippen molar-refractivity contribution in [3.05, 3.63) is 35.9 Å². The van der Waals surface area contributed by atoms with Gasteiger partial charge in [-0.15, -0.1) is 11.5 Å². The fourth-order valence-electron chi connectivity index (χ4n) is 6.18. The van der Waals surface area contributed by atoms with Crippen molar-refractivity contribution in [3.8, 4) is 11.5 Å². The Balaban J connectivity index is 1.90. The molecule has 0 spiro atoms. The van der Waals surface area contributed by atoms with Crippen molar-refractivity contribution >= 4 is 20.1 Å². The molecule has 1 aromatic carbocycles. The molecular weight excluding hydrogens is 458 g/mol. The Morgan fingerprint density at radius 2 is 1.71 bits per heavy atom. The molecular formula is C28H41NO5Si. The Hall–Kier alpha value is -2.30. The summed E-state index contributed by atoms with van der Waals surface area (Å²) in [5, 5.41) is 0. The van der Waals surface area contributed by atoms with Gasteiger partial charge in [0, 0.05) is 19.4 Å². The highest BCUT2D eigenvalue weighted by molar-refractivity contribution is 6.90.